The molecule has 1 aromatic carbocycles. The highest BCUT2D eigenvalue weighted by Gasteiger charge is 2.33. The summed E-state index contributed by atoms with van der Waals surface area (Å²) >= 11 is 0. The predicted molar refractivity (Wildman–Crippen MR) is 114 cm³/mol. The molecule has 6 heteroatoms. The van der Waals surface area contributed by atoms with Crippen molar-refractivity contribution in [1.29, 1.82) is 0 Å². The number of allylic oxidation sites excluding steroid dienone is 1. The van der Waals surface area contributed by atoms with Crippen LogP contribution in [0.2, 0.25) is 0 Å². The molecule has 2 rings (SSSR count). The summed E-state index contributed by atoms with van der Waals surface area (Å²) in [5.74, 6) is -0.196. The molecule has 158 valence electrons. The van der Waals surface area contributed by atoms with Gasteiger partial charge < -0.3 is 10.1 Å². The summed E-state index contributed by atoms with van der Waals surface area (Å²) in [6.45, 7) is 5.28. The molecule has 0 aliphatic heterocycles. The van der Waals surface area contributed by atoms with Crippen LogP contribution >= 0.6 is 0 Å². The number of hydrogen-bond donors (Lipinski definition) is 1. The van der Waals surface area contributed by atoms with Crippen LogP contribution in [0.1, 0.15) is 72.1 Å². The van der Waals surface area contributed by atoms with Crippen molar-refractivity contribution in [1.82, 2.24) is 4.90 Å². The Hall–Kier alpha value is -2.63. The summed E-state index contributed by atoms with van der Waals surface area (Å²) in [6.07, 6.45) is 8.85. The number of ether oxygens (including phenoxy) is 1. The van der Waals surface area contributed by atoms with Gasteiger partial charge in [0.1, 0.15) is 5.75 Å². The molecule has 1 aliphatic rings. The largest absolute Gasteiger partial charge is 0.422 e. The molecule has 0 spiro atoms. The Labute approximate surface area is 173 Å². The summed E-state index contributed by atoms with van der Waals surface area (Å²) < 4.78 is 5.54. The molecule has 1 fully saturated rings. The Kier molecular flexibility index (Phi) is 8.90. The third-order valence-electron chi connectivity index (χ3n) is 5.06. The van der Waals surface area contributed by atoms with Crippen LogP contribution in [0.15, 0.2) is 35.9 Å². The Bertz CT molecular complexity index is 751. The van der Waals surface area contributed by atoms with Crippen molar-refractivity contribution in [3.05, 3.63) is 35.9 Å². The van der Waals surface area contributed by atoms with Crippen molar-refractivity contribution < 1.29 is 19.1 Å². The van der Waals surface area contributed by atoms with Crippen LogP contribution in [0.4, 0.5) is 10.5 Å². The minimum atomic E-state index is -0.662. The van der Waals surface area contributed by atoms with E-state index in [1.807, 2.05) is 6.08 Å². The number of imide groups is 1. The molecule has 3 amide bonds. The van der Waals surface area contributed by atoms with E-state index < -0.39 is 6.09 Å². The lowest BCUT2D eigenvalue weighted by molar-refractivity contribution is -0.127. The van der Waals surface area contributed by atoms with Gasteiger partial charge >= 0.3 is 6.09 Å². The SMILES string of the molecule is CCCCC=C(C)C(=O)N(C(=O)Oc1cccc(NC(C)=O)c1)C1CCCCC1. The van der Waals surface area contributed by atoms with Gasteiger partial charge in [-0.1, -0.05) is 51.2 Å². The maximum absolute atomic E-state index is 13.1. The molecule has 1 saturated carbocycles. The van der Waals surface area contributed by atoms with E-state index in [-0.39, 0.29) is 17.9 Å². The van der Waals surface area contributed by atoms with E-state index in [1.54, 1.807) is 31.2 Å². The second-order valence-corrected chi connectivity index (χ2v) is 7.57. The second-order valence-electron chi connectivity index (χ2n) is 7.57. The molecule has 6 nitrogen and oxygen atoms in total. The fourth-order valence-corrected chi connectivity index (χ4v) is 3.53. The zero-order chi connectivity index (χ0) is 21.2. The van der Waals surface area contributed by atoms with Gasteiger partial charge in [0.2, 0.25) is 5.91 Å². The number of rotatable bonds is 7. The average Bonchev–Trinajstić information content (AvgIpc) is 2.68. The number of anilines is 1. The minimum Gasteiger partial charge on any atom is -0.410 e. The lowest BCUT2D eigenvalue weighted by Crippen LogP contribution is -2.47. The third kappa shape index (κ3) is 7.04. The molecular formula is C23H32N2O4. The Morgan fingerprint density at radius 3 is 2.55 bits per heavy atom. The first-order chi connectivity index (χ1) is 13.9. The van der Waals surface area contributed by atoms with Crippen molar-refractivity contribution in [3.63, 3.8) is 0 Å². The molecule has 0 aromatic heterocycles. The summed E-state index contributed by atoms with van der Waals surface area (Å²) in [7, 11) is 0. The molecule has 1 aromatic rings. The number of hydrogen-bond acceptors (Lipinski definition) is 4. The van der Waals surface area contributed by atoms with Crippen molar-refractivity contribution in [3.8, 4) is 5.75 Å². The molecular weight excluding hydrogens is 368 g/mol. The maximum atomic E-state index is 13.1. The summed E-state index contributed by atoms with van der Waals surface area (Å²) in [4.78, 5) is 38.6. The van der Waals surface area contributed by atoms with E-state index in [9.17, 15) is 14.4 Å². The highest BCUT2D eigenvalue weighted by atomic mass is 16.6. The number of carbonyl (C=O) groups excluding carboxylic acids is 3. The molecule has 0 heterocycles. The number of nitrogens with zero attached hydrogens (tertiary/aromatic N) is 1. The number of amides is 3. The van der Waals surface area contributed by atoms with Crippen LogP contribution in [-0.4, -0.2) is 28.8 Å². The number of unbranched alkanes of at least 4 members (excludes halogenated alkanes) is 2. The smallest absolute Gasteiger partial charge is 0.410 e. The van der Waals surface area contributed by atoms with Gasteiger partial charge in [0.15, 0.2) is 0 Å². The van der Waals surface area contributed by atoms with Gasteiger partial charge in [0.05, 0.1) is 0 Å². The Balaban J connectivity index is 2.19. The maximum Gasteiger partial charge on any atom is 0.422 e. The Morgan fingerprint density at radius 2 is 1.90 bits per heavy atom. The Morgan fingerprint density at radius 1 is 1.17 bits per heavy atom. The van der Waals surface area contributed by atoms with Gasteiger partial charge in [-0.25, -0.2) is 9.69 Å². The summed E-state index contributed by atoms with van der Waals surface area (Å²) in [5, 5.41) is 2.66. The molecule has 0 bridgehead atoms. The van der Waals surface area contributed by atoms with Crippen LogP contribution in [0.5, 0.6) is 5.75 Å². The number of carbonyl (C=O) groups is 3. The van der Waals surface area contributed by atoms with Gasteiger partial charge in [0.25, 0.3) is 5.91 Å². The molecule has 0 atom stereocenters. The van der Waals surface area contributed by atoms with E-state index in [0.29, 0.717) is 17.0 Å². The van der Waals surface area contributed by atoms with Crippen LogP contribution in [0, 0.1) is 0 Å². The average molecular weight is 401 g/mol. The standard InChI is InChI=1S/C23H32N2O4/c1-4-5-7-11-17(2)22(27)25(20-13-8-6-9-14-20)23(28)29-21-15-10-12-19(16-21)24-18(3)26/h10-12,15-16,20H,4-9,13-14H2,1-3H3,(H,24,26). The lowest BCUT2D eigenvalue weighted by atomic mass is 9.94. The van der Waals surface area contributed by atoms with Crippen molar-refractivity contribution in [2.24, 2.45) is 0 Å². The van der Waals surface area contributed by atoms with Gasteiger partial charge in [-0.3, -0.25) is 9.59 Å². The zero-order valence-corrected chi connectivity index (χ0v) is 17.7. The van der Waals surface area contributed by atoms with Crippen molar-refractivity contribution >= 4 is 23.6 Å². The summed E-state index contributed by atoms with van der Waals surface area (Å²) in [5.41, 5.74) is 1.11. The van der Waals surface area contributed by atoms with Crippen molar-refractivity contribution in [2.75, 3.05) is 5.32 Å². The molecule has 1 aliphatic carbocycles. The van der Waals surface area contributed by atoms with E-state index in [0.717, 1.165) is 51.4 Å². The second kappa shape index (κ2) is 11.4. The summed E-state index contributed by atoms with van der Waals surface area (Å²) in [6, 6.07) is 6.47. The van der Waals surface area contributed by atoms with Crippen molar-refractivity contribution in [2.45, 2.75) is 78.2 Å². The van der Waals surface area contributed by atoms with E-state index in [4.69, 9.17) is 4.74 Å². The molecule has 0 saturated heterocycles. The number of benzene rings is 1. The van der Waals surface area contributed by atoms with Crippen LogP contribution in [0.25, 0.3) is 0 Å². The molecule has 0 radical (unpaired) electrons. The van der Waals surface area contributed by atoms with Crippen LogP contribution in [-0.2, 0) is 9.59 Å². The lowest BCUT2D eigenvalue weighted by Gasteiger charge is -2.32. The highest BCUT2D eigenvalue weighted by molar-refractivity contribution is 6.02. The van der Waals surface area contributed by atoms with Gasteiger partial charge in [-0.2, -0.15) is 0 Å². The zero-order valence-electron chi connectivity index (χ0n) is 17.7. The van der Waals surface area contributed by atoms with E-state index in [2.05, 4.69) is 12.2 Å². The predicted octanol–water partition coefficient (Wildman–Crippen LogP) is 5.44. The number of nitrogens with one attached hydrogen (secondary N) is 1. The quantitative estimate of drug-likeness (QED) is 0.488. The minimum absolute atomic E-state index is 0.142. The molecule has 0 unspecified atom stereocenters. The van der Waals surface area contributed by atoms with Gasteiger partial charge in [-0.15, -0.1) is 0 Å². The molecule has 29 heavy (non-hydrogen) atoms. The van der Waals surface area contributed by atoms with Gasteiger partial charge in [-0.05, 0) is 38.3 Å². The first-order valence-electron chi connectivity index (χ1n) is 10.5. The first-order valence-corrected chi connectivity index (χ1v) is 10.5. The molecule has 1 N–H and O–H groups in total. The first kappa shape index (κ1) is 22.7. The fourth-order valence-electron chi connectivity index (χ4n) is 3.53. The van der Waals surface area contributed by atoms with E-state index >= 15 is 0 Å². The van der Waals surface area contributed by atoms with Crippen LogP contribution in [0.3, 0.4) is 0 Å². The van der Waals surface area contributed by atoms with E-state index in [1.165, 1.54) is 11.8 Å². The van der Waals surface area contributed by atoms with Gasteiger partial charge in [0, 0.05) is 30.3 Å². The fraction of sp³-hybridized carbons (Fsp3) is 0.522. The topological polar surface area (TPSA) is 75.7 Å². The third-order valence-corrected chi connectivity index (χ3v) is 5.06. The highest BCUT2D eigenvalue weighted by Crippen LogP contribution is 2.26. The monoisotopic (exact) mass is 400 g/mol. The van der Waals surface area contributed by atoms with Crippen LogP contribution < -0.4 is 10.1 Å². The normalized spacial score (nSPS) is 14.9.